The van der Waals surface area contributed by atoms with E-state index in [1.54, 1.807) is 0 Å². The van der Waals surface area contributed by atoms with Gasteiger partial charge in [-0.2, -0.15) is 0 Å². The van der Waals surface area contributed by atoms with E-state index in [1.807, 2.05) is 20.8 Å². The molecule has 15 heavy (non-hydrogen) atoms. The number of H-pyrrole nitrogens is 2. The Balaban J connectivity index is 2.83. The van der Waals surface area contributed by atoms with E-state index in [-0.39, 0.29) is 5.41 Å². The van der Waals surface area contributed by atoms with Crippen LogP contribution in [0.5, 0.6) is 0 Å². The van der Waals surface area contributed by atoms with Gasteiger partial charge in [0, 0.05) is 5.41 Å². The normalized spacial score (nSPS) is 12.2. The summed E-state index contributed by atoms with van der Waals surface area (Å²) >= 11 is 1.35. The third kappa shape index (κ3) is 1.72. The summed E-state index contributed by atoms with van der Waals surface area (Å²) in [6, 6.07) is 0. The van der Waals surface area contributed by atoms with Gasteiger partial charge in [0.05, 0.1) is 0 Å². The van der Waals surface area contributed by atoms with Gasteiger partial charge in [0.2, 0.25) is 0 Å². The van der Waals surface area contributed by atoms with Crippen molar-refractivity contribution in [2.75, 3.05) is 0 Å². The molecular formula is C9H11N3O2S. The molecule has 0 saturated heterocycles. The van der Waals surface area contributed by atoms with Gasteiger partial charge in [0.1, 0.15) is 9.84 Å². The highest BCUT2D eigenvalue weighted by Gasteiger charge is 2.20. The molecule has 0 fully saturated rings. The fourth-order valence-corrected chi connectivity index (χ4v) is 2.19. The maximum Gasteiger partial charge on any atom is 0.326 e. The zero-order chi connectivity index (χ0) is 11.2. The first-order valence-electron chi connectivity index (χ1n) is 4.51. The van der Waals surface area contributed by atoms with Gasteiger partial charge in [-0.3, -0.25) is 14.8 Å². The molecule has 0 unspecified atom stereocenters. The molecule has 2 heterocycles. The average Bonchev–Trinajstić information content (AvgIpc) is 2.46. The summed E-state index contributed by atoms with van der Waals surface area (Å²) in [5.74, 6) is 0. The number of hydrogen-bond acceptors (Lipinski definition) is 4. The molecule has 0 bridgehead atoms. The van der Waals surface area contributed by atoms with Crippen LogP contribution in [-0.4, -0.2) is 15.0 Å². The molecule has 2 rings (SSSR count). The van der Waals surface area contributed by atoms with E-state index in [0.29, 0.717) is 10.3 Å². The van der Waals surface area contributed by atoms with Crippen LogP contribution in [-0.2, 0) is 5.41 Å². The summed E-state index contributed by atoms with van der Waals surface area (Å²) in [7, 11) is 0. The van der Waals surface area contributed by atoms with E-state index in [1.165, 1.54) is 11.3 Å². The lowest BCUT2D eigenvalue weighted by atomic mass is 9.98. The number of nitrogens with one attached hydrogen (secondary N) is 2. The Morgan fingerprint density at radius 3 is 2.47 bits per heavy atom. The number of aromatic amines is 2. The van der Waals surface area contributed by atoms with Crippen LogP contribution in [0.3, 0.4) is 0 Å². The van der Waals surface area contributed by atoms with E-state index in [2.05, 4.69) is 15.0 Å². The second kappa shape index (κ2) is 3.03. The molecule has 6 heteroatoms. The predicted octanol–water partition coefficient (Wildman–Crippen LogP) is 0.970. The molecule has 0 aliphatic heterocycles. The van der Waals surface area contributed by atoms with Crippen molar-refractivity contribution in [1.82, 2.24) is 15.0 Å². The number of hydrogen-bond donors (Lipinski definition) is 2. The van der Waals surface area contributed by atoms with Crippen LogP contribution >= 0.6 is 11.3 Å². The van der Waals surface area contributed by atoms with E-state index >= 15 is 0 Å². The van der Waals surface area contributed by atoms with E-state index in [4.69, 9.17) is 0 Å². The average molecular weight is 225 g/mol. The van der Waals surface area contributed by atoms with Gasteiger partial charge in [0.25, 0.3) is 5.56 Å². The molecule has 0 atom stereocenters. The SMILES string of the molecule is CC(C)(C)c1nc2c(=O)[nH]c(=O)[nH]c2s1. The molecular weight excluding hydrogens is 214 g/mol. The van der Waals surface area contributed by atoms with Crippen LogP contribution in [0.15, 0.2) is 9.59 Å². The maximum absolute atomic E-state index is 11.4. The Bertz CT molecular complexity index is 615. The van der Waals surface area contributed by atoms with E-state index in [0.717, 1.165) is 5.01 Å². The molecule has 2 aromatic rings. The first-order valence-corrected chi connectivity index (χ1v) is 5.33. The molecule has 0 amide bonds. The van der Waals surface area contributed by atoms with Crippen LogP contribution < -0.4 is 11.2 Å². The minimum absolute atomic E-state index is 0.118. The van der Waals surface area contributed by atoms with Gasteiger partial charge in [-0.1, -0.05) is 32.1 Å². The number of aromatic nitrogens is 3. The van der Waals surface area contributed by atoms with E-state index in [9.17, 15) is 9.59 Å². The maximum atomic E-state index is 11.4. The zero-order valence-corrected chi connectivity index (χ0v) is 9.49. The predicted molar refractivity (Wildman–Crippen MR) is 59.6 cm³/mol. The van der Waals surface area contributed by atoms with Crippen LogP contribution in [0.4, 0.5) is 0 Å². The highest BCUT2D eigenvalue weighted by molar-refractivity contribution is 7.18. The molecule has 5 nitrogen and oxygen atoms in total. The molecule has 0 aliphatic rings. The lowest BCUT2D eigenvalue weighted by molar-refractivity contribution is 0.587. The van der Waals surface area contributed by atoms with E-state index < -0.39 is 11.2 Å². The highest BCUT2D eigenvalue weighted by Crippen LogP contribution is 2.27. The Kier molecular flexibility index (Phi) is 2.04. The van der Waals surface area contributed by atoms with Crippen molar-refractivity contribution in [3.05, 3.63) is 25.8 Å². The van der Waals surface area contributed by atoms with Crippen LogP contribution in [0.25, 0.3) is 10.3 Å². The Hall–Kier alpha value is -1.43. The van der Waals surface area contributed by atoms with Crippen LogP contribution in [0.2, 0.25) is 0 Å². The fraction of sp³-hybridized carbons (Fsp3) is 0.444. The summed E-state index contributed by atoms with van der Waals surface area (Å²) in [5, 5.41) is 0.838. The van der Waals surface area contributed by atoms with Crippen molar-refractivity contribution in [3.8, 4) is 0 Å². The lowest BCUT2D eigenvalue weighted by Gasteiger charge is -2.12. The molecule has 0 radical (unpaired) electrons. The molecule has 2 N–H and O–H groups in total. The molecule has 0 spiro atoms. The number of thiazole rings is 1. The molecule has 80 valence electrons. The van der Waals surface area contributed by atoms with Crippen molar-refractivity contribution in [1.29, 1.82) is 0 Å². The smallest absolute Gasteiger partial charge is 0.297 e. The Labute approximate surface area is 89.2 Å². The third-order valence-electron chi connectivity index (χ3n) is 1.94. The first-order chi connectivity index (χ1) is 6.88. The van der Waals surface area contributed by atoms with Crippen LogP contribution in [0, 0.1) is 0 Å². The number of fused-ring (bicyclic) bond motifs is 1. The minimum atomic E-state index is -0.489. The monoisotopic (exact) mass is 225 g/mol. The van der Waals surface area contributed by atoms with Gasteiger partial charge < -0.3 is 0 Å². The Morgan fingerprint density at radius 1 is 1.20 bits per heavy atom. The molecule has 0 aromatic carbocycles. The van der Waals surface area contributed by atoms with Crippen molar-refractivity contribution >= 4 is 21.7 Å². The number of nitrogens with zero attached hydrogens (tertiary/aromatic N) is 1. The first kappa shape index (κ1) is 10.1. The largest absolute Gasteiger partial charge is 0.326 e. The molecule has 0 saturated carbocycles. The van der Waals surface area contributed by atoms with Crippen molar-refractivity contribution < 1.29 is 0 Å². The van der Waals surface area contributed by atoms with Gasteiger partial charge in [-0.05, 0) is 0 Å². The second-order valence-electron chi connectivity index (χ2n) is 4.35. The van der Waals surface area contributed by atoms with Crippen molar-refractivity contribution in [2.45, 2.75) is 26.2 Å². The zero-order valence-electron chi connectivity index (χ0n) is 8.67. The fourth-order valence-electron chi connectivity index (χ4n) is 1.18. The summed E-state index contributed by atoms with van der Waals surface area (Å²) in [6.07, 6.45) is 0. The van der Waals surface area contributed by atoms with Gasteiger partial charge >= 0.3 is 5.69 Å². The van der Waals surface area contributed by atoms with Crippen molar-refractivity contribution in [3.63, 3.8) is 0 Å². The third-order valence-corrected chi connectivity index (χ3v) is 3.33. The highest BCUT2D eigenvalue weighted by atomic mass is 32.1. The topological polar surface area (TPSA) is 78.6 Å². The standard InChI is InChI=1S/C9H11N3O2S/c1-9(2,3)7-10-4-5(13)11-8(14)12-6(4)15-7/h1-3H3,(H2,11,12,13,14). The summed E-state index contributed by atoms with van der Waals surface area (Å²) in [5.41, 5.74) is -0.728. The Morgan fingerprint density at radius 2 is 1.87 bits per heavy atom. The quantitative estimate of drug-likeness (QED) is 0.701. The summed E-state index contributed by atoms with van der Waals surface area (Å²) < 4.78 is 0. The summed E-state index contributed by atoms with van der Waals surface area (Å²) in [6.45, 7) is 6.03. The van der Waals surface area contributed by atoms with Crippen molar-refractivity contribution in [2.24, 2.45) is 0 Å². The van der Waals surface area contributed by atoms with Gasteiger partial charge in [0.15, 0.2) is 5.52 Å². The number of rotatable bonds is 0. The van der Waals surface area contributed by atoms with Gasteiger partial charge in [-0.25, -0.2) is 9.78 Å². The second-order valence-corrected chi connectivity index (χ2v) is 5.35. The van der Waals surface area contributed by atoms with Crippen LogP contribution in [0.1, 0.15) is 25.8 Å². The lowest BCUT2D eigenvalue weighted by Crippen LogP contribution is -2.21. The van der Waals surface area contributed by atoms with Gasteiger partial charge in [-0.15, -0.1) is 0 Å². The summed E-state index contributed by atoms with van der Waals surface area (Å²) in [4.78, 5) is 31.9. The minimum Gasteiger partial charge on any atom is -0.297 e. The molecule has 2 aromatic heterocycles. The molecule has 0 aliphatic carbocycles.